The number of ether oxygens (including phenoxy) is 1. The maximum Gasteiger partial charge on any atom is 0.269 e. The molecule has 1 aliphatic rings. The summed E-state index contributed by atoms with van der Waals surface area (Å²) in [7, 11) is 0. The van der Waals surface area contributed by atoms with Gasteiger partial charge in [0.15, 0.2) is 0 Å². The van der Waals surface area contributed by atoms with Crippen molar-refractivity contribution in [2.45, 2.75) is 25.6 Å². The molecule has 0 bridgehead atoms. The first kappa shape index (κ1) is 16.6. The zero-order chi connectivity index (χ0) is 16.9. The molecule has 2 aromatic rings. The Morgan fingerprint density at radius 1 is 1.38 bits per heavy atom. The van der Waals surface area contributed by atoms with Crippen molar-refractivity contribution in [2.24, 2.45) is 0 Å². The van der Waals surface area contributed by atoms with E-state index in [1.54, 1.807) is 6.07 Å². The number of nitro benzene ring substituents is 1. The Hall–Kier alpha value is -2.25. The zero-order valence-electron chi connectivity index (χ0n) is 13.1. The SMILES string of the molecule is O=C(c1cccs1)N1CCC[C@@H](OCc2cccc([N+](=O)[O-])c2)C1. The third kappa shape index (κ3) is 3.98. The average Bonchev–Trinajstić information content (AvgIpc) is 3.14. The van der Waals surface area contributed by atoms with Crippen molar-refractivity contribution in [3.63, 3.8) is 0 Å². The molecule has 126 valence electrons. The number of benzene rings is 1. The number of nitrogens with zero attached hydrogens (tertiary/aromatic N) is 2. The quantitative estimate of drug-likeness (QED) is 0.614. The summed E-state index contributed by atoms with van der Waals surface area (Å²) in [5, 5.41) is 12.7. The third-order valence-corrected chi connectivity index (χ3v) is 4.86. The van der Waals surface area contributed by atoms with E-state index in [-0.39, 0.29) is 17.7 Å². The van der Waals surface area contributed by atoms with Crippen molar-refractivity contribution in [1.82, 2.24) is 4.90 Å². The maximum absolute atomic E-state index is 12.4. The lowest BCUT2D eigenvalue weighted by atomic mass is 10.1. The Balaban J connectivity index is 1.57. The molecule has 1 atom stereocenters. The van der Waals surface area contributed by atoms with Crippen molar-refractivity contribution in [2.75, 3.05) is 13.1 Å². The number of carbonyl (C=O) groups excluding carboxylic acids is 1. The molecule has 0 saturated carbocycles. The normalized spacial score (nSPS) is 17.7. The van der Waals surface area contributed by atoms with Crippen LogP contribution in [0.3, 0.4) is 0 Å². The molecule has 0 radical (unpaired) electrons. The summed E-state index contributed by atoms with van der Waals surface area (Å²) in [5.41, 5.74) is 0.833. The number of carbonyl (C=O) groups is 1. The second kappa shape index (κ2) is 7.55. The van der Waals surface area contributed by atoms with E-state index in [1.165, 1.54) is 23.5 Å². The molecule has 24 heavy (non-hydrogen) atoms. The highest BCUT2D eigenvalue weighted by atomic mass is 32.1. The van der Waals surface area contributed by atoms with Gasteiger partial charge in [-0.1, -0.05) is 18.2 Å². The highest BCUT2D eigenvalue weighted by molar-refractivity contribution is 7.12. The first-order valence-corrected chi connectivity index (χ1v) is 8.69. The van der Waals surface area contributed by atoms with Crippen molar-refractivity contribution >= 4 is 22.9 Å². The molecule has 1 amide bonds. The van der Waals surface area contributed by atoms with Gasteiger partial charge in [-0.25, -0.2) is 0 Å². The summed E-state index contributed by atoms with van der Waals surface area (Å²) < 4.78 is 5.89. The predicted molar refractivity (Wildman–Crippen MR) is 91.1 cm³/mol. The predicted octanol–water partition coefficient (Wildman–Crippen LogP) is 3.48. The Kier molecular flexibility index (Phi) is 5.22. The van der Waals surface area contributed by atoms with Gasteiger partial charge < -0.3 is 9.64 Å². The molecule has 6 nitrogen and oxygen atoms in total. The Labute approximate surface area is 143 Å². The average molecular weight is 346 g/mol. The molecule has 0 N–H and O–H groups in total. The minimum atomic E-state index is -0.411. The standard InChI is InChI=1S/C17H18N2O4S/c20-17(16-7-3-9-24-16)18-8-2-6-15(11-18)23-12-13-4-1-5-14(10-13)19(21)22/h1,3-5,7,9-10,15H,2,6,8,11-12H2/t15-/m1/s1. The molecule has 0 spiro atoms. The highest BCUT2D eigenvalue weighted by Crippen LogP contribution is 2.20. The number of piperidine rings is 1. The van der Waals surface area contributed by atoms with Gasteiger partial charge in [0.05, 0.1) is 22.5 Å². The highest BCUT2D eigenvalue weighted by Gasteiger charge is 2.25. The Bertz CT molecular complexity index is 717. The van der Waals surface area contributed by atoms with Gasteiger partial charge in [0.2, 0.25) is 0 Å². The molecular weight excluding hydrogens is 328 g/mol. The molecule has 0 aliphatic carbocycles. The van der Waals surface area contributed by atoms with Crippen LogP contribution in [0.25, 0.3) is 0 Å². The Morgan fingerprint density at radius 3 is 3.00 bits per heavy atom. The molecule has 7 heteroatoms. The first-order chi connectivity index (χ1) is 11.6. The number of hydrogen-bond acceptors (Lipinski definition) is 5. The number of thiophene rings is 1. The monoisotopic (exact) mass is 346 g/mol. The number of amides is 1. The van der Waals surface area contributed by atoms with Gasteiger partial charge in [-0.05, 0) is 29.9 Å². The van der Waals surface area contributed by atoms with Crippen LogP contribution in [0, 0.1) is 10.1 Å². The molecular formula is C17H18N2O4S. The summed E-state index contributed by atoms with van der Waals surface area (Å²) in [5.74, 6) is 0.0497. The van der Waals surface area contributed by atoms with Gasteiger partial charge in [-0.3, -0.25) is 14.9 Å². The van der Waals surface area contributed by atoms with Crippen LogP contribution in [-0.4, -0.2) is 34.9 Å². The molecule has 2 heterocycles. The fraction of sp³-hybridized carbons (Fsp3) is 0.353. The summed E-state index contributed by atoms with van der Waals surface area (Å²) in [4.78, 5) is 25.4. The molecule has 1 saturated heterocycles. The molecule has 1 aromatic carbocycles. The fourth-order valence-corrected chi connectivity index (χ4v) is 3.48. The van der Waals surface area contributed by atoms with Crippen LogP contribution < -0.4 is 0 Å². The van der Waals surface area contributed by atoms with Crippen LogP contribution in [0.2, 0.25) is 0 Å². The maximum atomic E-state index is 12.4. The molecule has 3 rings (SSSR count). The molecule has 1 aromatic heterocycles. The van der Waals surface area contributed by atoms with E-state index in [0.717, 1.165) is 29.8 Å². The summed E-state index contributed by atoms with van der Waals surface area (Å²) in [6, 6.07) is 10.2. The van der Waals surface area contributed by atoms with Crippen LogP contribution >= 0.6 is 11.3 Å². The van der Waals surface area contributed by atoms with Gasteiger partial charge >= 0.3 is 0 Å². The second-order valence-electron chi connectivity index (χ2n) is 5.73. The largest absolute Gasteiger partial charge is 0.372 e. The van der Waals surface area contributed by atoms with E-state index in [9.17, 15) is 14.9 Å². The number of hydrogen-bond donors (Lipinski definition) is 0. The van der Waals surface area contributed by atoms with E-state index in [1.807, 2.05) is 28.5 Å². The molecule has 1 aliphatic heterocycles. The van der Waals surface area contributed by atoms with Crippen LogP contribution in [0.5, 0.6) is 0 Å². The van der Waals surface area contributed by atoms with E-state index >= 15 is 0 Å². The van der Waals surface area contributed by atoms with Gasteiger partial charge in [0, 0.05) is 25.2 Å². The van der Waals surface area contributed by atoms with Gasteiger partial charge in [-0.2, -0.15) is 0 Å². The van der Waals surface area contributed by atoms with Gasteiger partial charge in [0.1, 0.15) is 0 Å². The lowest BCUT2D eigenvalue weighted by molar-refractivity contribution is -0.385. The van der Waals surface area contributed by atoms with E-state index in [0.29, 0.717) is 13.2 Å². The number of nitro groups is 1. The first-order valence-electron chi connectivity index (χ1n) is 7.81. The smallest absolute Gasteiger partial charge is 0.269 e. The minimum absolute atomic E-state index is 0.0399. The summed E-state index contributed by atoms with van der Waals surface area (Å²) in [6.45, 7) is 1.62. The fourth-order valence-electron chi connectivity index (χ4n) is 2.79. The molecule has 0 unspecified atom stereocenters. The van der Waals surface area contributed by atoms with Crippen molar-refractivity contribution in [3.05, 3.63) is 62.3 Å². The lowest BCUT2D eigenvalue weighted by Crippen LogP contribution is -2.42. The molecule has 1 fully saturated rings. The summed E-state index contributed by atoms with van der Waals surface area (Å²) in [6.07, 6.45) is 1.75. The van der Waals surface area contributed by atoms with Gasteiger partial charge in [-0.15, -0.1) is 11.3 Å². The zero-order valence-corrected chi connectivity index (χ0v) is 13.9. The van der Waals surface area contributed by atoms with Crippen LogP contribution in [0.4, 0.5) is 5.69 Å². The lowest BCUT2D eigenvalue weighted by Gasteiger charge is -2.32. The van der Waals surface area contributed by atoms with Crippen LogP contribution in [-0.2, 0) is 11.3 Å². The third-order valence-electron chi connectivity index (χ3n) is 4.00. The van der Waals surface area contributed by atoms with Crippen molar-refractivity contribution in [3.8, 4) is 0 Å². The van der Waals surface area contributed by atoms with Crippen molar-refractivity contribution < 1.29 is 14.5 Å². The van der Waals surface area contributed by atoms with E-state index in [2.05, 4.69) is 0 Å². The van der Waals surface area contributed by atoms with Gasteiger partial charge in [0.25, 0.3) is 11.6 Å². The Morgan fingerprint density at radius 2 is 2.25 bits per heavy atom. The minimum Gasteiger partial charge on any atom is -0.372 e. The second-order valence-corrected chi connectivity index (χ2v) is 6.68. The number of rotatable bonds is 5. The topological polar surface area (TPSA) is 72.7 Å². The van der Waals surface area contributed by atoms with E-state index < -0.39 is 4.92 Å². The number of likely N-dealkylation sites (tertiary alicyclic amines) is 1. The summed E-state index contributed by atoms with van der Waals surface area (Å²) >= 11 is 1.44. The van der Waals surface area contributed by atoms with Crippen molar-refractivity contribution in [1.29, 1.82) is 0 Å². The number of non-ortho nitro benzene ring substituents is 1. The van der Waals surface area contributed by atoms with Crippen LogP contribution in [0.1, 0.15) is 28.1 Å². The van der Waals surface area contributed by atoms with Crippen LogP contribution in [0.15, 0.2) is 41.8 Å². The van der Waals surface area contributed by atoms with E-state index in [4.69, 9.17) is 4.74 Å².